The number of benzene rings is 2. The topological polar surface area (TPSA) is 34.0 Å². The monoisotopic (exact) mass is 250 g/mol. The molecular weight excluding hydrogens is 236 g/mol. The standard InChI is InChI=1S/C16H14N2O/c19-16(17-12-13-6-2-1-3-7-13)18-11-10-14-8-4-5-9-15(14)18/h1-11H,12H2,(H,17,19). The van der Waals surface area contributed by atoms with Crippen LogP contribution in [0.3, 0.4) is 0 Å². The molecule has 0 aliphatic rings. The molecule has 1 aromatic heterocycles. The molecule has 0 aliphatic heterocycles. The summed E-state index contributed by atoms with van der Waals surface area (Å²) < 4.78 is 1.64. The second-order valence-corrected chi connectivity index (χ2v) is 4.39. The molecule has 0 atom stereocenters. The van der Waals surface area contributed by atoms with Crippen molar-refractivity contribution in [1.29, 1.82) is 0 Å². The Kier molecular flexibility index (Phi) is 3.02. The Labute approximate surface area is 111 Å². The van der Waals surface area contributed by atoms with Crippen LogP contribution in [0.2, 0.25) is 0 Å². The van der Waals surface area contributed by atoms with E-state index >= 15 is 0 Å². The van der Waals surface area contributed by atoms with E-state index in [9.17, 15) is 4.79 Å². The van der Waals surface area contributed by atoms with E-state index in [1.54, 1.807) is 10.8 Å². The molecule has 94 valence electrons. The summed E-state index contributed by atoms with van der Waals surface area (Å²) in [5, 5.41) is 3.98. The maximum atomic E-state index is 12.1. The summed E-state index contributed by atoms with van der Waals surface area (Å²) in [6, 6.07) is 19.6. The zero-order chi connectivity index (χ0) is 13.1. The maximum Gasteiger partial charge on any atom is 0.326 e. The lowest BCUT2D eigenvalue weighted by atomic mass is 10.2. The number of rotatable bonds is 2. The van der Waals surface area contributed by atoms with E-state index in [0.717, 1.165) is 16.5 Å². The van der Waals surface area contributed by atoms with Crippen LogP contribution in [-0.4, -0.2) is 10.6 Å². The summed E-state index contributed by atoms with van der Waals surface area (Å²) in [5.74, 6) is 0. The van der Waals surface area contributed by atoms with Gasteiger partial charge >= 0.3 is 6.03 Å². The van der Waals surface area contributed by atoms with Gasteiger partial charge in [0, 0.05) is 18.1 Å². The Morgan fingerprint density at radius 2 is 1.68 bits per heavy atom. The highest BCUT2D eigenvalue weighted by Gasteiger charge is 2.07. The lowest BCUT2D eigenvalue weighted by Crippen LogP contribution is -2.27. The summed E-state index contributed by atoms with van der Waals surface area (Å²) >= 11 is 0. The minimum atomic E-state index is -0.106. The first-order chi connectivity index (χ1) is 9.34. The summed E-state index contributed by atoms with van der Waals surface area (Å²) in [5.41, 5.74) is 2.01. The maximum absolute atomic E-state index is 12.1. The minimum Gasteiger partial charge on any atom is -0.333 e. The average molecular weight is 250 g/mol. The number of hydrogen-bond acceptors (Lipinski definition) is 1. The molecule has 0 fully saturated rings. The van der Waals surface area contributed by atoms with Crippen LogP contribution < -0.4 is 5.32 Å². The van der Waals surface area contributed by atoms with Gasteiger partial charge in [-0.25, -0.2) is 4.79 Å². The molecule has 0 bridgehead atoms. The van der Waals surface area contributed by atoms with E-state index in [1.807, 2.05) is 60.7 Å². The van der Waals surface area contributed by atoms with Crippen LogP contribution in [0.25, 0.3) is 10.9 Å². The average Bonchev–Trinajstić information content (AvgIpc) is 2.90. The predicted molar refractivity (Wildman–Crippen MR) is 76.0 cm³/mol. The molecular formula is C16H14N2O. The fourth-order valence-electron chi connectivity index (χ4n) is 2.12. The SMILES string of the molecule is O=C(NCc1ccccc1)n1ccc2ccccc21. The molecule has 3 heteroatoms. The van der Waals surface area contributed by atoms with Crippen LogP contribution in [0.4, 0.5) is 4.79 Å². The van der Waals surface area contributed by atoms with Crippen molar-refractivity contribution in [3.63, 3.8) is 0 Å². The molecule has 1 amide bonds. The number of aromatic nitrogens is 1. The van der Waals surface area contributed by atoms with Crippen molar-refractivity contribution in [1.82, 2.24) is 9.88 Å². The van der Waals surface area contributed by atoms with E-state index in [2.05, 4.69) is 5.32 Å². The van der Waals surface area contributed by atoms with E-state index < -0.39 is 0 Å². The molecule has 3 nitrogen and oxygen atoms in total. The van der Waals surface area contributed by atoms with Gasteiger partial charge in [-0.15, -0.1) is 0 Å². The zero-order valence-corrected chi connectivity index (χ0v) is 10.4. The van der Waals surface area contributed by atoms with E-state index in [0.29, 0.717) is 6.54 Å². The van der Waals surface area contributed by atoms with Crippen molar-refractivity contribution in [2.24, 2.45) is 0 Å². The Bertz CT molecular complexity index is 701. The minimum absolute atomic E-state index is 0.106. The molecule has 2 aromatic carbocycles. The Morgan fingerprint density at radius 1 is 0.947 bits per heavy atom. The smallest absolute Gasteiger partial charge is 0.326 e. The molecule has 3 aromatic rings. The predicted octanol–water partition coefficient (Wildman–Crippen LogP) is 3.40. The van der Waals surface area contributed by atoms with Gasteiger partial charge in [-0.2, -0.15) is 0 Å². The van der Waals surface area contributed by atoms with Crippen LogP contribution in [0.5, 0.6) is 0 Å². The highest BCUT2D eigenvalue weighted by molar-refractivity contribution is 5.91. The van der Waals surface area contributed by atoms with Gasteiger partial charge in [0.05, 0.1) is 5.52 Å². The fraction of sp³-hybridized carbons (Fsp3) is 0.0625. The molecule has 3 rings (SSSR count). The van der Waals surface area contributed by atoms with Crippen LogP contribution in [-0.2, 0) is 6.54 Å². The first-order valence-electron chi connectivity index (χ1n) is 6.23. The van der Waals surface area contributed by atoms with Gasteiger partial charge in [0.25, 0.3) is 0 Å². The van der Waals surface area contributed by atoms with Crippen molar-refractivity contribution < 1.29 is 4.79 Å². The Hall–Kier alpha value is -2.55. The molecule has 0 unspecified atom stereocenters. The molecule has 1 heterocycles. The summed E-state index contributed by atoms with van der Waals surface area (Å²) in [7, 11) is 0. The summed E-state index contributed by atoms with van der Waals surface area (Å²) in [6.07, 6.45) is 1.80. The number of amides is 1. The van der Waals surface area contributed by atoms with Gasteiger partial charge in [0.15, 0.2) is 0 Å². The number of carbonyl (C=O) groups is 1. The van der Waals surface area contributed by atoms with Crippen LogP contribution in [0.1, 0.15) is 5.56 Å². The molecule has 1 N–H and O–H groups in total. The van der Waals surface area contributed by atoms with Crippen molar-refractivity contribution in [2.45, 2.75) is 6.54 Å². The molecule has 0 aliphatic carbocycles. The third-order valence-corrected chi connectivity index (χ3v) is 3.10. The number of nitrogens with one attached hydrogen (secondary N) is 1. The molecule has 0 spiro atoms. The third-order valence-electron chi connectivity index (χ3n) is 3.10. The molecule has 0 saturated carbocycles. The van der Waals surface area contributed by atoms with Gasteiger partial charge in [-0.3, -0.25) is 4.57 Å². The molecule has 0 radical (unpaired) electrons. The molecule has 0 saturated heterocycles. The third kappa shape index (κ3) is 2.36. The van der Waals surface area contributed by atoms with Crippen LogP contribution in [0, 0.1) is 0 Å². The number of fused-ring (bicyclic) bond motifs is 1. The lowest BCUT2D eigenvalue weighted by molar-refractivity contribution is 0.243. The highest BCUT2D eigenvalue weighted by Crippen LogP contribution is 2.14. The van der Waals surface area contributed by atoms with Crippen molar-refractivity contribution in [3.8, 4) is 0 Å². The second kappa shape index (κ2) is 4.98. The van der Waals surface area contributed by atoms with Gasteiger partial charge in [-0.1, -0.05) is 48.5 Å². The quantitative estimate of drug-likeness (QED) is 0.743. The normalized spacial score (nSPS) is 10.5. The van der Waals surface area contributed by atoms with Crippen molar-refractivity contribution in [2.75, 3.05) is 0 Å². The summed E-state index contributed by atoms with van der Waals surface area (Å²) in [4.78, 5) is 12.1. The van der Waals surface area contributed by atoms with Gasteiger partial charge in [0.2, 0.25) is 0 Å². The largest absolute Gasteiger partial charge is 0.333 e. The first kappa shape index (κ1) is 11.5. The number of carbonyl (C=O) groups excluding carboxylic acids is 1. The van der Waals surface area contributed by atoms with Crippen LogP contribution in [0.15, 0.2) is 66.9 Å². The number of hydrogen-bond donors (Lipinski definition) is 1. The summed E-state index contributed by atoms with van der Waals surface area (Å²) in [6.45, 7) is 0.534. The van der Waals surface area contributed by atoms with Crippen LogP contribution >= 0.6 is 0 Å². The van der Waals surface area contributed by atoms with Crippen molar-refractivity contribution in [3.05, 3.63) is 72.4 Å². The van der Waals surface area contributed by atoms with Gasteiger partial charge < -0.3 is 5.32 Å². The lowest BCUT2D eigenvalue weighted by Gasteiger charge is -2.07. The van der Waals surface area contributed by atoms with E-state index in [-0.39, 0.29) is 6.03 Å². The fourth-order valence-corrected chi connectivity index (χ4v) is 2.12. The van der Waals surface area contributed by atoms with Crippen molar-refractivity contribution >= 4 is 16.9 Å². The number of para-hydroxylation sites is 1. The molecule has 19 heavy (non-hydrogen) atoms. The zero-order valence-electron chi connectivity index (χ0n) is 10.4. The Morgan fingerprint density at radius 3 is 2.53 bits per heavy atom. The highest BCUT2D eigenvalue weighted by atomic mass is 16.2. The van der Waals surface area contributed by atoms with Gasteiger partial charge in [0.1, 0.15) is 0 Å². The second-order valence-electron chi connectivity index (χ2n) is 4.39. The first-order valence-corrected chi connectivity index (χ1v) is 6.23. The van der Waals surface area contributed by atoms with E-state index in [1.165, 1.54) is 0 Å². The van der Waals surface area contributed by atoms with Gasteiger partial charge in [-0.05, 0) is 17.7 Å². The van der Waals surface area contributed by atoms with E-state index in [4.69, 9.17) is 0 Å². The number of nitrogens with zero attached hydrogens (tertiary/aromatic N) is 1. The Balaban J connectivity index is 1.77.